The summed E-state index contributed by atoms with van der Waals surface area (Å²) in [7, 11) is -4.69. The zero-order valence-electron chi connectivity index (χ0n) is 8.77. The number of hydrogen-bond donors (Lipinski definition) is 1. The second-order valence-corrected chi connectivity index (χ2v) is 4.46. The van der Waals surface area contributed by atoms with Crippen LogP contribution in [0.25, 0.3) is 0 Å². The number of Topliss-reactive ketones (excluding diaryl/α,β-unsaturated/α-hetero) is 1. The van der Waals surface area contributed by atoms with Crippen molar-refractivity contribution in [1.82, 2.24) is 0 Å². The van der Waals surface area contributed by atoms with E-state index >= 15 is 0 Å². The van der Waals surface area contributed by atoms with Gasteiger partial charge in [0.05, 0.1) is 0 Å². The molecule has 0 aliphatic heterocycles. The number of carbonyl (C=O) groups excluding carboxylic acids is 2. The van der Waals surface area contributed by atoms with E-state index in [1.165, 1.54) is 12.1 Å². The first-order valence-electron chi connectivity index (χ1n) is 4.69. The second-order valence-electron chi connectivity index (χ2n) is 3.40. The van der Waals surface area contributed by atoms with Crippen LogP contribution in [-0.2, 0) is 10.3 Å². The fourth-order valence-corrected chi connectivity index (χ4v) is 1.66. The van der Waals surface area contributed by atoms with Gasteiger partial charge >= 0.3 is 10.3 Å². The summed E-state index contributed by atoms with van der Waals surface area (Å²) < 4.78 is 31.7. The van der Waals surface area contributed by atoms with Crippen LogP contribution in [0.2, 0.25) is 0 Å². The van der Waals surface area contributed by atoms with Gasteiger partial charge in [-0.05, 0) is 4.52 Å². The van der Waals surface area contributed by atoms with Crippen molar-refractivity contribution in [3.05, 3.63) is 47.2 Å². The Hall–Kier alpha value is -2.19. The Balaban J connectivity index is 2.47. The fraction of sp³-hybridized carbons (Fsp3) is 0. The standard InChI is InChI=1S/C10H6N2O5S/c13-9-5-8(11-12-18(15,16)17)10(14)7-4-2-1-3-6(7)9/h1-5H,(H,15,16,17). The molecule has 0 aromatic heterocycles. The van der Waals surface area contributed by atoms with Gasteiger partial charge in [0.1, 0.15) is 5.70 Å². The van der Waals surface area contributed by atoms with E-state index in [2.05, 4.69) is 9.63 Å². The molecule has 0 saturated heterocycles. The molecule has 2 rings (SSSR count). The minimum atomic E-state index is -4.69. The highest BCUT2D eigenvalue weighted by Crippen LogP contribution is 2.21. The maximum Gasteiger partial charge on any atom is 0.396 e. The van der Waals surface area contributed by atoms with Gasteiger partial charge in [0.15, 0.2) is 5.78 Å². The zero-order chi connectivity index (χ0) is 13.3. The smallest absolute Gasteiger partial charge is 0.289 e. The second kappa shape index (κ2) is 4.24. The molecule has 0 fully saturated rings. The molecule has 1 aliphatic rings. The number of allylic oxidation sites excluding steroid dienone is 2. The van der Waals surface area contributed by atoms with Crippen molar-refractivity contribution in [2.45, 2.75) is 0 Å². The molecular formula is C10H6N2O5S. The number of benzene rings is 1. The van der Waals surface area contributed by atoms with Gasteiger partial charge < -0.3 is 0 Å². The Morgan fingerprint density at radius 2 is 1.67 bits per heavy atom. The molecule has 0 atom stereocenters. The molecule has 18 heavy (non-hydrogen) atoms. The highest BCUT2D eigenvalue weighted by molar-refractivity contribution is 7.84. The minimum absolute atomic E-state index is 0.120. The van der Waals surface area contributed by atoms with Crippen molar-refractivity contribution in [3.8, 4) is 0 Å². The van der Waals surface area contributed by atoms with E-state index in [-0.39, 0.29) is 11.1 Å². The van der Waals surface area contributed by atoms with Crippen molar-refractivity contribution >= 4 is 21.9 Å². The normalized spacial score (nSPS) is 15.7. The van der Waals surface area contributed by atoms with Crippen molar-refractivity contribution in [2.24, 2.45) is 9.63 Å². The van der Waals surface area contributed by atoms with Crippen LogP contribution in [0, 0.1) is 0 Å². The molecule has 0 saturated carbocycles. The van der Waals surface area contributed by atoms with Crippen LogP contribution in [0.1, 0.15) is 20.7 Å². The Labute approximate surface area is 102 Å². The molecule has 0 radical (unpaired) electrons. The Kier molecular flexibility index (Phi) is 2.89. The highest BCUT2D eigenvalue weighted by atomic mass is 32.2. The summed E-state index contributed by atoms with van der Waals surface area (Å²) >= 11 is 0. The fourth-order valence-electron chi connectivity index (χ4n) is 1.47. The van der Waals surface area contributed by atoms with Crippen molar-refractivity contribution < 1.29 is 22.6 Å². The lowest BCUT2D eigenvalue weighted by Crippen LogP contribution is -2.15. The van der Waals surface area contributed by atoms with Gasteiger partial charge in [-0.2, -0.15) is 8.42 Å². The molecule has 7 nitrogen and oxygen atoms in total. The average Bonchev–Trinajstić information content (AvgIpc) is 2.31. The third-order valence-electron chi connectivity index (χ3n) is 2.19. The van der Waals surface area contributed by atoms with Crippen molar-refractivity contribution in [1.29, 1.82) is 0 Å². The number of fused-ring (bicyclic) bond motifs is 1. The van der Waals surface area contributed by atoms with Gasteiger partial charge in [-0.3, -0.25) is 14.1 Å². The maximum atomic E-state index is 11.8. The third-order valence-corrected chi connectivity index (χ3v) is 2.48. The van der Waals surface area contributed by atoms with E-state index in [9.17, 15) is 18.0 Å². The topological polar surface area (TPSA) is 113 Å². The minimum Gasteiger partial charge on any atom is -0.289 e. The van der Waals surface area contributed by atoms with Gasteiger partial charge in [0, 0.05) is 17.2 Å². The van der Waals surface area contributed by atoms with E-state index in [4.69, 9.17) is 4.55 Å². The van der Waals surface area contributed by atoms with Crippen LogP contribution >= 0.6 is 0 Å². The Bertz CT molecular complexity index is 703. The van der Waals surface area contributed by atoms with Crippen LogP contribution in [0.4, 0.5) is 0 Å². The molecule has 0 unspecified atom stereocenters. The molecule has 8 heteroatoms. The predicted molar refractivity (Wildman–Crippen MR) is 59.6 cm³/mol. The quantitative estimate of drug-likeness (QED) is 0.638. The van der Waals surface area contributed by atoms with Gasteiger partial charge in [-0.1, -0.05) is 24.3 Å². The summed E-state index contributed by atoms with van der Waals surface area (Å²) in [4.78, 5) is 23.5. The van der Waals surface area contributed by atoms with E-state index in [1.807, 2.05) is 0 Å². The average molecular weight is 266 g/mol. The molecule has 1 aliphatic carbocycles. The third kappa shape index (κ3) is 2.39. The van der Waals surface area contributed by atoms with Crippen LogP contribution in [-0.4, -0.2) is 24.5 Å². The van der Waals surface area contributed by atoms with E-state index in [0.717, 1.165) is 6.08 Å². The first kappa shape index (κ1) is 12.3. The predicted octanol–water partition coefficient (Wildman–Crippen LogP) is 1.20. The molecule has 0 bridgehead atoms. The zero-order valence-corrected chi connectivity index (χ0v) is 9.59. The first-order valence-corrected chi connectivity index (χ1v) is 6.08. The number of carbonyl (C=O) groups is 2. The molecule has 0 heterocycles. The number of nitrogens with zero attached hydrogens (tertiary/aromatic N) is 2. The monoisotopic (exact) mass is 266 g/mol. The van der Waals surface area contributed by atoms with Crippen LogP contribution in [0.3, 0.4) is 0 Å². The largest absolute Gasteiger partial charge is 0.396 e. The number of ketones is 2. The molecular weight excluding hydrogens is 260 g/mol. The summed E-state index contributed by atoms with van der Waals surface area (Å²) in [6, 6.07) is 6.06. The molecule has 0 amide bonds. The molecule has 1 aromatic rings. The molecule has 1 N–H and O–H groups in total. The first-order chi connectivity index (χ1) is 8.38. The molecule has 1 aromatic carbocycles. The van der Waals surface area contributed by atoms with E-state index < -0.39 is 27.6 Å². The summed E-state index contributed by atoms with van der Waals surface area (Å²) in [5.41, 5.74) is -0.0982. The molecule has 92 valence electrons. The summed E-state index contributed by atoms with van der Waals surface area (Å²) in [6.45, 7) is 0. The van der Waals surface area contributed by atoms with Gasteiger partial charge in [0.25, 0.3) is 0 Å². The van der Waals surface area contributed by atoms with Crippen molar-refractivity contribution in [3.63, 3.8) is 0 Å². The van der Waals surface area contributed by atoms with Gasteiger partial charge in [-0.15, -0.1) is 5.11 Å². The van der Waals surface area contributed by atoms with E-state index in [1.54, 1.807) is 12.1 Å². The SMILES string of the molecule is O=C1C=C(N=NS(=O)(=O)O)C(=O)c2ccccc21. The molecule has 0 spiro atoms. The van der Waals surface area contributed by atoms with Gasteiger partial charge in [0.2, 0.25) is 5.78 Å². The Morgan fingerprint density at radius 1 is 1.06 bits per heavy atom. The van der Waals surface area contributed by atoms with Crippen LogP contribution in [0.15, 0.2) is 45.7 Å². The number of rotatable bonds is 2. The summed E-state index contributed by atoms with van der Waals surface area (Å²) in [6.07, 6.45) is 0.874. The lowest BCUT2D eigenvalue weighted by molar-refractivity contribution is 0.0983. The number of hydrogen-bond acceptors (Lipinski definition) is 5. The summed E-state index contributed by atoms with van der Waals surface area (Å²) in [5.74, 6) is -1.10. The summed E-state index contributed by atoms with van der Waals surface area (Å²) in [5, 5.41) is 3.06. The van der Waals surface area contributed by atoms with Crippen LogP contribution in [0.5, 0.6) is 0 Å². The lowest BCUT2D eigenvalue weighted by Gasteiger charge is -2.10. The lowest BCUT2D eigenvalue weighted by atomic mass is 9.93. The van der Waals surface area contributed by atoms with E-state index in [0.29, 0.717) is 0 Å². The Morgan fingerprint density at radius 3 is 2.28 bits per heavy atom. The maximum absolute atomic E-state index is 11.8. The van der Waals surface area contributed by atoms with Gasteiger partial charge in [-0.25, -0.2) is 0 Å². The highest BCUT2D eigenvalue weighted by Gasteiger charge is 2.25. The van der Waals surface area contributed by atoms with Crippen LogP contribution < -0.4 is 0 Å². The van der Waals surface area contributed by atoms with Crippen molar-refractivity contribution in [2.75, 3.05) is 0 Å².